The molecule has 5 heteroatoms. The third kappa shape index (κ3) is 4.35. The number of rotatable bonds is 2. The molecule has 0 bridgehead atoms. The standard InChI is InChI=1S/C11H21FN2O2/c1-11(2,3)16-10(15)14(4)7-9-5-8(12)6-13-9/h8-9,13H,5-7H2,1-4H3/t8-,9+/m0/s1. The van der Waals surface area contributed by atoms with E-state index in [-0.39, 0.29) is 12.1 Å². The number of nitrogens with zero attached hydrogens (tertiary/aromatic N) is 1. The first-order valence-corrected chi connectivity index (χ1v) is 5.59. The maximum absolute atomic E-state index is 12.9. The fourth-order valence-electron chi connectivity index (χ4n) is 1.65. The maximum atomic E-state index is 12.9. The molecule has 0 unspecified atom stereocenters. The van der Waals surface area contributed by atoms with Crippen LogP contribution in [0.1, 0.15) is 27.2 Å². The molecule has 1 fully saturated rings. The van der Waals surface area contributed by atoms with Gasteiger partial charge in [-0.1, -0.05) is 0 Å². The van der Waals surface area contributed by atoms with Gasteiger partial charge in [0.2, 0.25) is 0 Å². The van der Waals surface area contributed by atoms with Crippen LogP contribution >= 0.6 is 0 Å². The summed E-state index contributed by atoms with van der Waals surface area (Å²) in [6.45, 7) is 6.33. The molecule has 0 aromatic carbocycles. The Balaban J connectivity index is 2.34. The van der Waals surface area contributed by atoms with Crippen LogP contribution in [0.15, 0.2) is 0 Å². The average Bonchev–Trinajstić information content (AvgIpc) is 2.48. The first-order valence-electron chi connectivity index (χ1n) is 5.59. The third-order valence-corrected chi connectivity index (χ3v) is 2.37. The van der Waals surface area contributed by atoms with Crippen LogP contribution in [-0.2, 0) is 4.74 Å². The number of carbonyl (C=O) groups excluding carboxylic acids is 1. The second-order valence-corrected chi connectivity index (χ2v) is 5.30. The van der Waals surface area contributed by atoms with Crippen LogP contribution in [0, 0.1) is 0 Å². The lowest BCUT2D eigenvalue weighted by Crippen LogP contribution is -2.41. The molecule has 0 aromatic heterocycles. The summed E-state index contributed by atoms with van der Waals surface area (Å²) in [5.74, 6) is 0. The van der Waals surface area contributed by atoms with E-state index in [1.165, 1.54) is 4.90 Å². The number of hydrogen-bond donors (Lipinski definition) is 1. The molecule has 4 nitrogen and oxygen atoms in total. The van der Waals surface area contributed by atoms with Gasteiger partial charge in [0, 0.05) is 26.2 Å². The molecular weight excluding hydrogens is 211 g/mol. The number of hydrogen-bond acceptors (Lipinski definition) is 3. The highest BCUT2D eigenvalue weighted by Crippen LogP contribution is 2.13. The van der Waals surface area contributed by atoms with Gasteiger partial charge < -0.3 is 15.0 Å². The first-order chi connectivity index (χ1) is 7.28. The predicted octanol–water partition coefficient (Wildman–Crippen LogP) is 1.55. The predicted molar refractivity (Wildman–Crippen MR) is 60.2 cm³/mol. The van der Waals surface area contributed by atoms with E-state index in [1.54, 1.807) is 7.05 Å². The fourth-order valence-corrected chi connectivity index (χ4v) is 1.65. The second kappa shape index (κ2) is 4.99. The van der Waals surface area contributed by atoms with Crippen molar-refractivity contribution in [2.75, 3.05) is 20.1 Å². The number of carbonyl (C=O) groups is 1. The lowest BCUT2D eigenvalue weighted by Gasteiger charge is -2.26. The Labute approximate surface area is 96.1 Å². The SMILES string of the molecule is CN(C[C@H]1C[C@H](F)CN1)C(=O)OC(C)(C)C. The van der Waals surface area contributed by atoms with Crippen molar-refractivity contribution in [2.24, 2.45) is 0 Å². The Morgan fingerprint density at radius 3 is 2.62 bits per heavy atom. The van der Waals surface area contributed by atoms with Crippen molar-refractivity contribution in [3.63, 3.8) is 0 Å². The molecule has 2 atom stereocenters. The molecule has 1 aliphatic rings. The highest BCUT2D eigenvalue weighted by atomic mass is 19.1. The summed E-state index contributed by atoms with van der Waals surface area (Å²) in [7, 11) is 1.67. The van der Waals surface area contributed by atoms with E-state index in [1.807, 2.05) is 20.8 Å². The summed E-state index contributed by atoms with van der Waals surface area (Å²) in [5, 5.41) is 3.03. The smallest absolute Gasteiger partial charge is 0.410 e. The normalized spacial score (nSPS) is 25.6. The minimum Gasteiger partial charge on any atom is -0.444 e. The zero-order valence-corrected chi connectivity index (χ0v) is 10.4. The number of alkyl halides is 1. The van der Waals surface area contributed by atoms with Gasteiger partial charge in [-0.2, -0.15) is 0 Å². The molecule has 16 heavy (non-hydrogen) atoms. The van der Waals surface area contributed by atoms with E-state index in [0.29, 0.717) is 19.5 Å². The van der Waals surface area contributed by atoms with Crippen molar-refractivity contribution < 1.29 is 13.9 Å². The average molecular weight is 232 g/mol. The number of ether oxygens (including phenoxy) is 1. The molecule has 1 aliphatic heterocycles. The number of nitrogens with one attached hydrogen (secondary N) is 1. The molecule has 1 rings (SSSR count). The Morgan fingerprint density at radius 2 is 2.19 bits per heavy atom. The van der Waals surface area contributed by atoms with Crippen molar-refractivity contribution in [2.45, 2.75) is 45.0 Å². The van der Waals surface area contributed by atoms with E-state index in [4.69, 9.17) is 4.74 Å². The number of halogens is 1. The van der Waals surface area contributed by atoms with Crippen LogP contribution in [0.3, 0.4) is 0 Å². The summed E-state index contributed by atoms with van der Waals surface area (Å²) < 4.78 is 18.1. The highest BCUT2D eigenvalue weighted by Gasteiger charge is 2.27. The van der Waals surface area contributed by atoms with Crippen LogP contribution in [0.25, 0.3) is 0 Å². The van der Waals surface area contributed by atoms with E-state index in [0.717, 1.165) is 0 Å². The topological polar surface area (TPSA) is 41.6 Å². The Bertz CT molecular complexity index is 253. The lowest BCUT2D eigenvalue weighted by molar-refractivity contribution is 0.0285. The lowest BCUT2D eigenvalue weighted by atomic mass is 10.2. The van der Waals surface area contributed by atoms with Gasteiger partial charge in [0.25, 0.3) is 0 Å². The molecule has 1 N–H and O–H groups in total. The second-order valence-electron chi connectivity index (χ2n) is 5.30. The van der Waals surface area contributed by atoms with Crippen LogP contribution < -0.4 is 5.32 Å². The van der Waals surface area contributed by atoms with Gasteiger partial charge in [-0.15, -0.1) is 0 Å². The largest absolute Gasteiger partial charge is 0.444 e. The Morgan fingerprint density at radius 1 is 1.56 bits per heavy atom. The molecule has 0 aliphatic carbocycles. The maximum Gasteiger partial charge on any atom is 0.410 e. The van der Waals surface area contributed by atoms with E-state index >= 15 is 0 Å². The highest BCUT2D eigenvalue weighted by molar-refractivity contribution is 5.67. The molecule has 0 radical (unpaired) electrons. The molecule has 1 amide bonds. The van der Waals surface area contributed by atoms with Crippen molar-refractivity contribution in [1.29, 1.82) is 0 Å². The summed E-state index contributed by atoms with van der Waals surface area (Å²) >= 11 is 0. The quantitative estimate of drug-likeness (QED) is 0.785. The van der Waals surface area contributed by atoms with Gasteiger partial charge >= 0.3 is 6.09 Å². The van der Waals surface area contributed by atoms with Crippen LogP contribution in [-0.4, -0.2) is 48.9 Å². The number of amides is 1. The molecule has 0 aromatic rings. The first kappa shape index (κ1) is 13.2. The third-order valence-electron chi connectivity index (χ3n) is 2.37. The molecular formula is C11H21FN2O2. The summed E-state index contributed by atoms with van der Waals surface area (Å²) in [6, 6.07) is 0.0347. The zero-order chi connectivity index (χ0) is 12.3. The van der Waals surface area contributed by atoms with Crippen molar-refractivity contribution in [3.8, 4) is 0 Å². The minimum absolute atomic E-state index is 0.0347. The van der Waals surface area contributed by atoms with Gasteiger partial charge in [0.1, 0.15) is 11.8 Å². The molecule has 1 saturated heterocycles. The Kier molecular flexibility index (Phi) is 4.13. The summed E-state index contributed by atoms with van der Waals surface area (Å²) in [6.07, 6.45) is -0.693. The van der Waals surface area contributed by atoms with Crippen molar-refractivity contribution in [3.05, 3.63) is 0 Å². The van der Waals surface area contributed by atoms with Gasteiger partial charge in [-0.3, -0.25) is 0 Å². The van der Waals surface area contributed by atoms with Crippen LogP contribution in [0.2, 0.25) is 0 Å². The molecule has 1 heterocycles. The van der Waals surface area contributed by atoms with E-state index in [9.17, 15) is 9.18 Å². The van der Waals surface area contributed by atoms with E-state index in [2.05, 4.69) is 5.32 Å². The molecule has 94 valence electrons. The molecule has 0 saturated carbocycles. The van der Waals surface area contributed by atoms with Gasteiger partial charge in [-0.25, -0.2) is 9.18 Å². The fraction of sp³-hybridized carbons (Fsp3) is 0.909. The van der Waals surface area contributed by atoms with Gasteiger partial charge in [0.05, 0.1) is 0 Å². The summed E-state index contributed by atoms with van der Waals surface area (Å²) in [5.41, 5.74) is -0.489. The monoisotopic (exact) mass is 232 g/mol. The van der Waals surface area contributed by atoms with Crippen LogP contribution in [0.4, 0.5) is 9.18 Å². The van der Waals surface area contributed by atoms with Gasteiger partial charge in [-0.05, 0) is 27.2 Å². The van der Waals surface area contributed by atoms with Crippen molar-refractivity contribution >= 4 is 6.09 Å². The van der Waals surface area contributed by atoms with Gasteiger partial charge in [0.15, 0.2) is 0 Å². The van der Waals surface area contributed by atoms with Crippen molar-refractivity contribution in [1.82, 2.24) is 10.2 Å². The van der Waals surface area contributed by atoms with Crippen LogP contribution in [0.5, 0.6) is 0 Å². The Hall–Kier alpha value is -0.840. The molecule has 0 spiro atoms. The number of likely N-dealkylation sites (N-methyl/N-ethyl adjacent to an activating group) is 1. The minimum atomic E-state index is -0.794. The summed E-state index contributed by atoms with van der Waals surface area (Å²) in [4.78, 5) is 13.1. The zero-order valence-electron chi connectivity index (χ0n) is 10.4. The van der Waals surface area contributed by atoms with E-state index < -0.39 is 11.8 Å².